The summed E-state index contributed by atoms with van der Waals surface area (Å²) in [7, 11) is 0. The van der Waals surface area contributed by atoms with E-state index in [1.54, 1.807) is 0 Å². The highest BCUT2D eigenvalue weighted by Crippen LogP contribution is 2.25. The van der Waals surface area contributed by atoms with Crippen molar-refractivity contribution in [2.24, 2.45) is 11.1 Å². The van der Waals surface area contributed by atoms with Gasteiger partial charge in [-0.05, 0) is 36.4 Å². The van der Waals surface area contributed by atoms with Crippen molar-refractivity contribution >= 4 is 0 Å². The van der Waals surface area contributed by atoms with Crippen LogP contribution in [-0.4, -0.2) is 44.3 Å². The van der Waals surface area contributed by atoms with Crippen molar-refractivity contribution in [3.8, 4) is 0 Å². The third-order valence-corrected chi connectivity index (χ3v) is 4.08. The molecule has 0 saturated carbocycles. The predicted molar refractivity (Wildman–Crippen MR) is 79.3 cm³/mol. The van der Waals surface area contributed by atoms with Gasteiger partial charge in [0.15, 0.2) is 0 Å². The Labute approximate surface area is 116 Å². The maximum absolute atomic E-state index is 6.06. The molecule has 0 amide bonds. The predicted octanol–water partition coefficient (Wildman–Crippen LogP) is 1.83. The van der Waals surface area contributed by atoms with Crippen molar-refractivity contribution in [3.05, 3.63) is 35.4 Å². The van der Waals surface area contributed by atoms with Crippen molar-refractivity contribution in [1.29, 1.82) is 0 Å². The summed E-state index contributed by atoms with van der Waals surface area (Å²) in [6.45, 7) is 10.0. The van der Waals surface area contributed by atoms with Gasteiger partial charge < -0.3 is 10.5 Å². The lowest BCUT2D eigenvalue weighted by Gasteiger charge is -2.37. The summed E-state index contributed by atoms with van der Waals surface area (Å²) in [6.07, 6.45) is 1.05. The van der Waals surface area contributed by atoms with Gasteiger partial charge in [0.25, 0.3) is 0 Å². The first-order valence-corrected chi connectivity index (χ1v) is 7.18. The van der Waals surface area contributed by atoms with Crippen LogP contribution in [0.3, 0.4) is 0 Å². The molecular formula is C16H26N2O. The van der Waals surface area contributed by atoms with Crippen LogP contribution >= 0.6 is 0 Å². The SMILES string of the molecule is Cc1ccccc1CC(C)(CN)CN1CCOCC1. The molecule has 106 valence electrons. The molecule has 1 aliphatic rings. The molecule has 3 nitrogen and oxygen atoms in total. The van der Waals surface area contributed by atoms with E-state index in [4.69, 9.17) is 10.5 Å². The van der Waals surface area contributed by atoms with Crippen molar-refractivity contribution in [1.82, 2.24) is 4.90 Å². The molecular weight excluding hydrogens is 236 g/mol. The minimum Gasteiger partial charge on any atom is -0.379 e. The van der Waals surface area contributed by atoms with Gasteiger partial charge in [-0.15, -0.1) is 0 Å². The summed E-state index contributed by atoms with van der Waals surface area (Å²) in [5.74, 6) is 0. The van der Waals surface area contributed by atoms with Crippen molar-refractivity contribution in [3.63, 3.8) is 0 Å². The second-order valence-corrected chi connectivity index (χ2v) is 6.01. The fourth-order valence-corrected chi connectivity index (χ4v) is 2.76. The highest BCUT2D eigenvalue weighted by Gasteiger charge is 2.27. The largest absolute Gasteiger partial charge is 0.379 e. The molecule has 1 unspecified atom stereocenters. The summed E-state index contributed by atoms with van der Waals surface area (Å²) in [5.41, 5.74) is 8.99. The number of benzene rings is 1. The second kappa shape index (κ2) is 6.51. The zero-order valence-corrected chi connectivity index (χ0v) is 12.2. The Balaban J connectivity index is 2.02. The van der Waals surface area contributed by atoms with Gasteiger partial charge in [-0.25, -0.2) is 0 Å². The van der Waals surface area contributed by atoms with E-state index in [0.717, 1.165) is 45.8 Å². The lowest BCUT2D eigenvalue weighted by atomic mass is 9.82. The molecule has 1 fully saturated rings. The Kier molecular flexibility index (Phi) is 4.97. The first-order chi connectivity index (χ1) is 9.13. The molecule has 0 spiro atoms. The zero-order valence-electron chi connectivity index (χ0n) is 12.2. The molecule has 1 heterocycles. The van der Waals surface area contributed by atoms with Gasteiger partial charge in [-0.3, -0.25) is 4.90 Å². The van der Waals surface area contributed by atoms with Gasteiger partial charge in [-0.1, -0.05) is 31.2 Å². The third-order valence-electron chi connectivity index (χ3n) is 4.08. The maximum atomic E-state index is 6.06. The normalized spacial score (nSPS) is 20.2. The molecule has 1 aromatic rings. The summed E-state index contributed by atoms with van der Waals surface area (Å²) in [6, 6.07) is 8.62. The molecule has 1 aromatic carbocycles. The molecule has 0 radical (unpaired) electrons. The minimum absolute atomic E-state index is 0.142. The van der Waals surface area contributed by atoms with E-state index < -0.39 is 0 Å². The van der Waals surface area contributed by atoms with Crippen LogP contribution in [0.5, 0.6) is 0 Å². The molecule has 1 aliphatic heterocycles. The number of morpholine rings is 1. The van der Waals surface area contributed by atoms with Crippen molar-refractivity contribution in [2.75, 3.05) is 39.4 Å². The van der Waals surface area contributed by atoms with Gasteiger partial charge in [0.2, 0.25) is 0 Å². The molecule has 0 aromatic heterocycles. The van der Waals surface area contributed by atoms with Gasteiger partial charge >= 0.3 is 0 Å². The number of nitrogens with zero attached hydrogens (tertiary/aromatic N) is 1. The average molecular weight is 262 g/mol. The van der Waals surface area contributed by atoms with Crippen LogP contribution in [0.1, 0.15) is 18.1 Å². The Morgan fingerprint density at radius 3 is 2.58 bits per heavy atom. The highest BCUT2D eigenvalue weighted by molar-refractivity contribution is 5.26. The zero-order chi connectivity index (χ0) is 13.7. The van der Waals surface area contributed by atoms with Crippen LogP contribution in [0.15, 0.2) is 24.3 Å². The minimum atomic E-state index is 0.142. The first kappa shape index (κ1) is 14.5. The van der Waals surface area contributed by atoms with E-state index in [2.05, 4.69) is 43.0 Å². The molecule has 2 N–H and O–H groups in total. The van der Waals surface area contributed by atoms with Gasteiger partial charge in [0.1, 0.15) is 0 Å². The second-order valence-electron chi connectivity index (χ2n) is 6.01. The van der Waals surface area contributed by atoms with Crippen molar-refractivity contribution < 1.29 is 4.74 Å². The fraction of sp³-hybridized carbons (Fsp3) is 0.625. The first-order valence-electron chi connectivity index (χ1n) is 7.18. The van der Waals surface area contributed by atoms with Crippen molar-refractivity contribution in [2.45, 2.75) is 20.3 Å². The molecule has 1 atom stereocenters. The third kappa shape index (κ3) is 4.03. The molecule has 2 rings (SSSR count). The van der Waals surface area contributed by atoms with Gasteiger partial charge in [-0.2, -0.15) is 0 Å². The van der Waals surface area contributed by atoms with Crippen LogP contribution in [0.25, 0.3) is 0 Å². The van der Waals surface area contributed by atoms with Crippen LogP contribution in [0.4, 0.5) is 0 Å². The Morgan fingerprint density at radius 1 is 1.26 bits per heavy atom. The number of hydrogen-bond donors (Lipinski definition) is 1. The van der Waals surface area contributed by atoms with Crippen LogP contribution in [-0.2, 0) is 11.2 Å². The van der Waals surface area contributed by atoms with Crippen LogP contribution in [0.2, 0.25) is 0 Å². The number of aryl methyl sites for hydroxylation is 1. The van der Waals surface area contributed by atoms with E-state index in [1.807, 2.05) is 0 Å². The van der Waals surface area contributed by atoms with E-state index >= 15 is 0 Å². The van der Waals surface area contributed by atoms with E-state index in [9.17, 15) is 0 Å². The molecule has 19 heavy (non-hydrogen) atoms. The standard InChI is InChI=1S/C16H26N2O/c1-14-5-3-4-6-15(14)11-16(2,12-17)13-18-7-9-19-10-8-18/h3-6H,7-13,17H2,1-2H3. The van der Waals surface area contributed by atoms with Gasteiger partial charge in [0.05, 0.1) is 13.2 Å². The van der Waals surface area contributed by atoms with Crippen LogP contribution in [0, 0.1) is 12.3 Å². The van der Waals surface area contributed by atoms with E-state index in [1.165, 1.54) is 11.1 Å². The maximum Gasteiger partial charge on any atom is 0.0594 e. The van der Waals surface area contributed by atoms with Crippen LogP contribution < -0.4 is 5.73 Å². The van der Waals surface area contributed by atoms with E-state index in [0.29, 0.717) is 0 Å². The number of rotatable bonds is 5. The lowest BCUT2D eigenvalue weighted by Crippen LogP contribution is -2.46. The molecule has 1 saturated heterocycles. The fourth-order valence-electron chi connectivity index (χ4n) is 2.76. The Hall–Kier alpha value is -0.900. The number of hydrogen-bond acceptors (Lipinski definition) is 3. The van der Waals surface area contributed by atoms with Gasteiger partial charge in [0, 0.05) is 19.6 Å². The lowest BCUT2D eigenvalue weighted by molar-refractivity contribution is 0.0198. The highest BCUT2D eigenvalue weighted by atomic mass is 16.5. The topological polar surface area (TPSA) is 38.5 Å². The smallest absolute Gasteiger partial charge is 0.0594 e. The Bertz CT molecular complexity index is 401. The number of nitrogens with two attached hydrogens (primary N) is 1. The molecule has 0 bridgehead atoms. The average Bonchev–Trinajstić information content (AvgIpc) is 2.42. The molecule has 0 aliphatic carbocycles. The summed E-state index contributed by atoms with van der Waals surface area (Å²) in [4.78, 5) is 2.48. The summed E-state index contributed by atoms with van der Waals surface area (Å²) >= 11 is 0. The summed E-state index contributed by atoms with van der Waals surface area (Å²) < 4.78 is 5.41. The summed E-state index contributed by atoms with van der Waals surface area (Å²) in [5, 5.41) is 0. The quantitative estimate of drug-likeness (QED) is 0.880. The Morgan fingerprint density at radius 2 is 1.95 bits per heavy atom. The monoisotopic (exact) mass is 262 g/mol. The van der Waals surface area contributed by atoms with E-state index in [-0.39, 0.29) is 5.41 Å². The number of ether oxygens (including phenoxy) is 1. The molecule has 3 heteroatoms.